The Balaban J connectivity index is 2.76. The summed E-state index contributed by atoms with van der Waals surface area (Å²) in [6.07, 6.45) is 0.979. The normalized spacial score (nSPS) is 10.1. The molecule has 0 saturated carbocycles. The maximum atomic E-state index is 9.18. The van der Waals surface area contributed by atoms with E-state index in [0.717, 1.165) is 23.1 Å². The van der Waals surface area contributed by atoms with Gasteiger partial charge in [0.05, 0.1) is 11.6 Å². The van der Waals surface area contributed by atoms with E-state index >= 15 is 0 Å². The van der Waals surface area contributed by atoms with Crippen LogP contribution in [0.25, 0.3) is 16.0 Å². The Hall–Kier alpha value is -2.24. The van der Waals surface area contributed by atoms with Crippen LogP contribution < -0.4 is 0 Å². The molecule has 0 N–H and O–H groups in total. The number of thioether (sulfide) groups is 1. The molecule has 0 spiro atoms. The van der Waals surface area contributed by atoms with Gasteiger partial charge in [-0.1, -0.05) is 61.2 Å². The fourth-order valence-electron chi connectivity index (χ4n) is 2.87. The number of benzene rings is 2. The molecule has 0 bridgehead atoms. The van der Waals surface area contributed by atoms with Crippen LogP contribution in [0.3, 0.4) is 0 Å². The highest BCUT2D eigenvalue weighted by Crippen LogP contribution is 2.40. The molecule has 1 nitrogen and oxygen atoms in total. The number of nitrogens with zero attached hydrogens (tertiary/aromatic N) is 1. The van der Waals surface area contributed by atoms with Crippen molar-refractivity contribution in [2.45, 2.75) is 34.1 Å². The highest BCUT2D eigenvalue weighted by atomic mass is 32.2. The van der Waals surface area contributed by atoms with E-state index in [9.17, 15) is 5.26 Å². The number of aryl methyl sites for hydroxylation is 2. The van der Waals surface area contributed by atoms with Gasteiger partial charge in [-0.25, -0.2) is 0 Å². The predicted molar refractivity (Wildman–Crippen MR) is 107 cm³/mol. The van der Waals surface area contributed by atoms with Crippen LogP contribution in [0.5, 0.6) is 0 Å². The molecule has 2 aromatic rings. The minimum Gasteiger partial charge on any atom is -0.192 e. The van der Waals surface area contributed by atoms with Gasteiger partial charge in [-0.05, 0) is 66.5 Å². The van der Waals surface area contributed by atoms with E-state index < -0.39 is 0 Å². The number of allylic oxidation sites excluding steroid dienone is 1. The molecule has 0 radical (unpaired) electrons. The average molecular weight is 334 g/mol. The van der Waals surface area contributed by atoms with Crippen molar-refractivity contribution in [2.24, 2.45) is 0 Å². The molecular weight excluding hydrogens is 310 g/mol. The lowest BCUT2D eigenvalue weighted by Crippen LogP contribution is -1.96. The van der Waals surface area contributed by atoms with Crippen molar-refractivity contribution < 1.29 is 0 Å². The SMILES string of the molecule is C=CSC(=C(C)C)c1c(CC)cccc1-c1ccc(C#N)c(C)c1. The number of nitriles is 1. The molecule has 0 unspecified atom stereocenters. The quantitative estimate of drug-likeness (QED) is 0.606. The molecule has 0 fully saturated rings. The second-order valence-corrected chi connectivity index (χ2v) is 6.93. The summed E-state index contributed by atoms with van der Waals surface area (Å²) in [6.45, 7) is 12.4. The minimum absolute atomic E-state index is 0.731. The maximum absolute atomic E-state index is 9.18. The van der Waals surface area contributed by atoms with Crippen molar-refractivity contribution in [3.8, 4) is 17.2 Å². The van der Waals surface area contributed by atoms with Crippen molar-refractivity contribution >= 4 is 16.7 Å². The first-order valence-corrected chi connectivity index (χ1v) is 8.99. The zero-order valence-electron chi connectivity index (χ0n) is 14.8. The third kappa shape index (κ3) is 3.63. The highest BCUT2D eigenvalue weighted by Gasteiger charge is 2.15. The average Bonchev–Trinajstić information content (AvgIpc) is 2.58. The molecule has 0 amide bonds. The van der Waals surface area contributed by atoms with E-state index in [1.54, 1.807) is 11.8 Å². The Morgan fingerprint density at radius 2 is 2.00 bits per heavy atom. The van der Waals surface area contributed by atoms with E-state index in [0.29, 0.717) is 0 Å². The molecule has 0 atom stereocenters. The zero-order valence-corrected chi connectivity index (χ0v) is 15.6. The van der Waals surface area contributed by atoms with Crippen LogP contribution in [0.15, 0.2) is 54.0 Å². The smallest absolute Gasteiger partial charge is 0.0994 e. The zero-order chi connectivity index (χ0) is 17.7. The number of rotatable bonds is 5. The largest absolute Gasteiger partial charge is 0.192 e. The summed E-state index contributed by atoms with van der Waals surface area (Å²) in [5.41, 5.74) is 8.02. The standard InChI is InChI=1S/C22H23NS/c1-6-17-9-8-10-20(21(17)22(15(3)4)24-7-2)18-11-12-19(14-23)16(5)13-18/h7-13H,2,6H2,1,3-5H3. The summed E-state index contributed by atoms with van der Waals surface area (Å²) < 4.78 is 0. The van der Waals surface area contributed by atoms with Crippen LogP contribution in [-0.4, -0.2) is 0 Å². The van der Waals surface area contributed by atoms with Gasteiger partial charge in [-0.2, -0.15) is 5.26 Å². The predicted octanol–water partition coefficient (Wildman–Crippen LogP) is 6.72. The Kier molecular flexibility index (Phi) is 6.06. The fourth-order valence-corrected chi connectivity index (χ4v) is 3.63. The summed E-state index contributed by atoms with van der Waals surface area (Å²) in [7, 11) is 0. The number of hydrogen-bond acceptors (Lipinski definition) is 2. The summed E-state index contributed by atoms with van der Waals surface area (Å²) in [5.74, 6) is 0. The first kappa shape index (κ1) is 18.1. The van der Waals surface area contributed by atoms with Gasteiger partial charge in [0, 0.05) is 4.91 Å². The summed E-state index contributed by atoms with van der Waals surface area (Å²) in [6, 6.07) is 14.8. The summed E-state index contributed by atoms with van der Waals surface area (Å²) in [5, 5.41) is 11.1. The lowest BCUT2D eigenvalue weighted by molar-refractivity contribution is 1.13. The summed E-state index contributed by atoms with van der Waals surface area (Å²) in [4.78, 5) is 1.26. The van der Waals surface area contributed by atoms with Crippen molar-refractivity contribution in [1.29, 1.82) is 5.26 Å². The monoisotopic (exact) mass is 333 g/mol. The van der Waals surface area contributed by atoms with E-state index in [1.807, 2.05) is 24.5 Å². The molecule has 122 valence electrons. The van der Waals surface area contributed by atoms with Crippen molar-refractivity contribution in [3.63, 3.8) is 0 Å². The Morgan fingerprint density at radius 1 is 1.25 bits per heavy atom. The lowest BCUT2D eigenvalue weighted by Gasteiger charge is -2.18. The van der Waals surface area contributed by atoms with Gasteiger partial charge in [0.2, 0.25) is 0 Å². The van der Waals surface area contributed by atoms with Crippen LogP contribution in [-0.2, 0) is 6.42 Å². The first-order chi connectivity index (χ1) is 11.5. The van der Waals surface area contributed by atoms with Crippen molar-refractivity contribution in [1.82, 2.24) is 0 Å². The third-order valence-corrected chi connectivity index (χ3v) is 5.09. The summed E-state index contributed by atoms with van der Waals surface area (Å²) >= 11 is 1.68. The minimum atomic E-state index is 0.731. The van der Waals surface area contributed by atoms with E-state index in [2.05, 4.69) is 57.7 Å². The molecule has 2 rings (SSSR count). The van der Waals surface area contributed by atoms with Crippen LogP contribution >= 0.6 is 11.8 Å². The Bertz CT molecular complexity index is 834. The number of hydrogen-bond donors (Lipinski definition) is 0. The molecule has 0 heterocycles. The van der Waals surface area contributed by atoms with Crippen molar-refractivity contribution in [3.05, 3.63) is 76.2 Å². The molecule has 0 aliphatic heterocycles. The van der Waals surface area contributed by atoms with Crippen LogP contribution in [0.4, 0.5) is 0 Å². The second-order valence-electron chi connectivity index (χ2n) is 5.95. The van der Waals surface area contributed by atoms with Gasteiger partial charge >= 0.3 is 0 Å². The molecular formula is C22H23NS. The molecule has 2 heteroatoms. The molecule has 24 heavy (non-hydrogen) atoms. The van der Waals surface area contributed by atoms with E-state index in [-0.39, 0.29) is 0 Å². The van der Waals surface area contributed by atoms with Gasteiger partial charge in [0.25, 0.3) is 0 Å². The van der Waals surface area contributed by atoms with E-state index in [4.69, 9.17) is 0 Å². The molecule has 0 aliphatic carbocycles. The molecule has 0 saturated heterocycles. The fraction of sp³-hybridized carbons (Fsp3) is 0.227. The van der Waals surface area contributed by atoms with Gasteiger partial charge in [0.1, 0.15) is 0 Å². The third-order valence-electron chi connectivity index (χ3n) is 4.07. The Morgan fingerprint density at radius 3 is 2.54 bits per heavy atom. The van der Waals surface area contributed by atoms with Gasteiger partial charge < -0.3 is 0 Å². The van der Waals surface area contributed by atoms with Gasteiger partial charge in [-0.15, -0.1) is 0 Å². The van der Waals surface area contributed by atoms with Crippen LogP contribution in [0.1, 0.15) is 43.0 Å². The topological polar surface area (TPSA) is 23.8 Å². The van der Waals surface area contributed by atoms with Crippen LogP contribution in [0.2, 0.25) is 0 Å². The molecule has 0 aromatic heterocycles. The Labute approximate surface area is 149 Å². The maximum Gasteiger partial charge on any atom is 0.0994 e. The van der Waals surface area contributed by atoms with Gasteiger partial charge in [0.15, 0.2) is 0 Å². The molecule has 2 aromatic carbocycles. The van der Waals surface area contributed by atoms with Crippen molar-refractivity contribution in [2.75, 3.05) is 0 Å². The highest BCUT2D eigenvalue weighted by molar-refractivity contribution is 8.10. The van der Waals surface area contributed by atoms with Crippen LogP contribution in [0, 0.1) is 18.3 Å². The van der Waals surface area contributed by atoms with Gasteiger partial charge in [-0.3, -0.25) is 0 Å². The second kappa shape index (κ2) is 8.04. The molecule has 0 aliphatic rings. The lowest BCUT2D eigenvalue weighted by atomic mass is 9.91. The van der Waals surface area contributed by atoms with E-state index in [1.165, 1.54) is 27.2 Å². The first-order valence-electron chi connectivity index (χ1n) is 8.11.